The minimum Gasteiger partial charge on any atom is -0.409 e. The molecule has 1 N–H and O–H groups in total. The number of benzene rings is 2. The van der Waals surface area contributed by atoms with Crippen LogP contribution in [0.3, 0.4) is 0 Å². The molecule has 0 unspecified atom stereocenters. The number of imide groups is 1. The zero-order valence-electron chi connectivity index (χ0n) is 22.7. The van der Waals surface area contributed by atoms with Gasteiger partial charge in [0.15, 0.2) is 6.23 Å². The Hall–Kier alpha value is -2.81. The zero-order chi connectivity index (χ0) is 27.1. The topological polar surface area (TPSA) is 84.9 Å². The van der Waals surface area contributed by atoms with E-state index in [1.165, 1.54) is 0 Å². The van der Waals surface area contributed by atoms with Crippen molar-refractivity contribution >= 4 is 26.0 Å². The Morgan fingerprint density at radius 1 is 0.784 bits per heavy atom. The van der Waals surface area contributed by atoms with Crippen LogP contribution in [0.15, 0.2) is 54.6 Å². The van der Waals surface area contributed by atoms with Gasteiger partial charge in [-0.3, -0.25) is 19.3 Å². The van der Waals surface area contributed by atoms with E-state index in [4.69, 9.17) is 9.16 Å². The maximum atomic E-state index is 13.7. The lowest BCUT2D eigenvalue weighted by atomic mass is 9.97. The van der Waals surface area contributed by atoms with Crippen molar-refractivity contribution in [3.05, 3.63) is 71.3 Å². The Morgan fingerprint density at radius 2 is 1.27 bits per heavy atom. The van der Waals surface area contributed by atoms with Crippen LogP contribution < -0.4 is 5.32 Å². The Kier molecular flexibility index (Phi) is 7.74. The van der Waals surface area contributed by atoms with Crippen LogP contribution in [0.4, 0.5) is 0 Å². The minimum absolute atomic E-state index is 0.299. The maximum Gasteiger partial charge on any atom is 0.262 e. The second kappa shape index (κ2) is 10.5. The molecule has 8 heteroatoms. The van der Waals surface area contributed by atoms with Crippen molar-refractivity contribution in [2.24, 2.45) is 0 Å². The summed E-state index contributed by atoms with van der Waals surface area (Å²) in [4.78, 5) is 41.4. The van der Waals surface area contributed by atoms with Gasteiger partial charge in [0.05, 0.1) is 17.2 Å². The van der Waals surface area contributed by atoms with Crippen molar-refractivity contribution in [1.29, 1.82) is 0 Å². The van der Waals surface area contributed by atoms with E-state index in [2.05, 4.69) is 46.9 Å². The molecule has 4 rings (SSSR count). The lowest BCUT2D eigenvalue weighted by Crippen LogP contribution is -2.63. The van der Waals surface area contributed by atoms with Gasteiger partial charge in [0.2, 0.25) is 14.2 Å². The molecule has 0 spiro atoms. The number of hydrogen-bond acceptors (Lipinski definition) is 5. The van der Waals surface area contributed by atoms with E-state index in [1.54, 1.807) is 24.3 Å². The van der Waals surface area contributed by atoms with E-state index < -0.39 is 50.5 Å². The highest BCUT2D eigenvalue weighted by Gasteiger charge is 2.52. The Labute approximate surface area is 220 Å². The van der Waals surface area contributed by atoms with Gasteiger partial charge in [0.1, 0.15) is 12.1 Å². The normalized spacial score (nSPS) is 23.1. The van der Waals surface area contributed by atoms with Gasteiger partial charge in [-0.1, -0.05) is 84.0 Å². The molecule has 2 aromatic carbocycles. The molecular weight excluding hydrogens is 484 g/mol. The molecule has 2 heterocycles. The van der Waals surface area contributed by atoms with Crippen LogP contribution in [0.5, 0.6) is 0 Å². The van der Waals surface area contributed by atoms with Gasteiger partial charge >= 0.3 is 0 Å². The molecule has 7 nitrogen and oxygen atoms in total. The number of ether oxygens (including phenoxy) is 1. The second-order valence-corrected chi connectivity index (χ2v) is 16.4. The summed E-state index contributed by atoms with van der Waals surface area (Å²) in [5.74, 6) is -1.40. The van der Waals surface area contributed by atoms with Gasteiger partial charge in [0.25, 0.3) is 11.8 Å². The Morgan fingerprint density at radius 3 is 1.76 bits per heavy atom. The largest absolute Gasteiger partial charge is 0.409 e. The van der Waals surface area contributed by atoms with E-state index in [0.717, 1.165) is 10.5 Å². The molecule has 0 aromatic heterocycles. The summed E-state index contributed by atoms with van der Waals surface area (Å²) >= 11 is 0. The molecular formula is C29H38N2O5Si. The third-order valence-corrected chi connectivity index (χ3v) is 14.1. The van der Waals surface area contributed by atoms with Crippen molar-refractivity contribution in [3.63, 3.8) is 0 Å². The SMILES string of the molecule is CC(C)[Si](O[C@@H](C)[C@@H]1NC(=O)[C@@H](N2C(=O)c3ccccc3C2=O)[C@@H](c2ccccc2)O1)(C(C)C)C(C)C. The highest BCUT2D eigenvalue weighted by molar-refractivity contribution is 6.77. The van der Waals surface area contributed by atoms with Crippen LogP contribution >= 0.6 is 0 Å². The number of nitrogens with one attached hydrogen (secondary N) is 1. The zero-order valence-corrected chi connectivity index (χ0v) is 23.7. The summed E-state index contributed by atoms with van der Waals surface area (Å²) in [6.45, 7) is 15.2. The first-order chi connectivity index (χ1) is 17.5. The minimum atomic E-state index is -2.26. The molecule has 4 atom stereocenters. The first-order valence-corrected chi connectivity index (χ1v) is 15.3. The Balaban J connectivity index is 1.68. The molecule has 198 valence electrons. The number of carbonyl (C=O) groups excluding carboxylic acids is 3. The molecule has 1 fully saturated rings. The average molecular weight is 523 g/mol. The fourth-order valence-electron chi connectivity index (χ4n) is 6.27. The second-order valence-electron chi connectivity index (χ2n) is 11.0. The van der Waals surface area contributed by atoms with Gasteiger partial charge in [-0.15, -0.1) is 0 Å². The van der Waals surface area contributed by atoms with Crippen molar-refractivity contribution in [1.82, 2.24) is 10.2 Å². The molecule has 0 radical (unpaired) electrons. The lowest BCUT2D eigenvalue weighted by molar-refractivity contribution is -0.165. The first kappa shape index (κ1) is 27.2. The predicted octanol–water partition coefficient (Wildman–Crippen LogP) is 5.45. The molecule has 3 amide bonds. The quantitative estimate of drug-likeness (QED) is 0.368. The van der Waals surface area contributed by atoms with E-state index in [9.17, 15) is 14.4 Å². The standard InChI is InChI=1S/C29H38N2O5Si/c1-17(2)37(18(3)4,19(5)6)36-20(7)27-30-26(32)24(25(35-27)21-13-9-8-10-14-21)31-28(33)22-15-11-12-16-23(22)29(31)34/h8-20,24-25,27H,1-7H3,(H,30,32)/t20-,24-,25+,27+/m0/s1. The average Bonchev–Trinajstić information content (AvgIpc) is 3.11. The number of carbonyl (C=O) groups is 3. The molecule has 2 aromatic rings. The fraction of sp³-hybridized carbons (Fsp3) is 0.483. The smallest absolute Gasteiger partial charge is 0.262 e. The van der Waals surface area contributed by atoms with E-state index in [-0.39, 0.29) is 0 Å². The van der Waals surface area contributed by atoms with Crippen LogP contribution in [-0.4, -0.2) is 49.3 Å². The van der Waals surface area contributed by atoms with E-state index >= 15 is 0 Å². The number of hydrogen-bond donors (Lipinski definition) is 1. The number of fused-ring (bicyclic) bond motifs is 1. The van der Waals surface area contributed by atoms with Crippen molar-refractivity contribution in [3.8, 4) is 0 Å². The molecule has 2 aliphatic heterocycles. The van der Waals surface area contributed by atoms with Crippen LogP contribution in [0, 0.1) is 0 Å². The highest BCUT2D eigenvalue weighted by Crippen LogP contribution is 2.44. The predicted molar refractivity (Wildman–Crippen MR) is 145 cm³/mol. The number of amides is 3. The number of nitrogens with zero attached hydrogens (tertiary/aromatic N) is 1. The lowest BCUT2D eigenvalue weighted by Gasteiger charge is -2.47. The maximum absolute atomic E-state index is 13.7. The summed E-state index contributed by atoms with van der Waals surface area (Å²) in [6, 6.07) is 14.8. The first-order valence-electron chi connectivity index (χ1n) is 13.2. The van der Waals surface area contributed by atoms with Gasteiger partial charge < -0.3 is 14.5 Å². The highest BCUT2D eigenvalue weighted by atomic mass is 28.4. The van der Waals surface area contributed by atoms with Crippen LogP contribution in [0.25, 0.3) is 0 Å². The van der Waals surface area contributed by atoms with Crippen molar-refractivity contribution in [2.45, 2.75) is 89.6 Å². The summed E-state index contributed by atoms with van der Waals surface area (Å²) in [7, 11) is -2.26. The van der Waals surface area contributed by atoms with Crippen LogP contribution in [0.2, 0.25) is 16.6 Å². The Bertz CT molecular complexity index is 1110. The van der Waals surface area contributed by atoms with Crippen LogP contribution in [-0.2, 0) is 14.0 Å². The van der Waals surface area contributed by atoms with E-state index in [0.29, 0.717) is 27.8 Å². The molecule has 0 saturated carbocycles. The van der Waals surface area contributed by atoms with E-state index in [1.807, 2.05) is 37.3 Å². The summed E-state index contributed by atoms with van der Waals surface area (Å²) in [5.41, 5.74) is 2.41. The van der Waals surface area contributed by atoms with Gasteiger partial charge in [0, 0.05) is 0 Å². The van der Waals surface area contributed by atoms with Crippen molar-refractivity contribution < 1.29 is 23.5 Å². The van der Waals surface area contributed by atoms with Gasteiger partial charge in [-0.2, -0.15) is 0 Å². The number of rotatable bonds is 8. The summed E-state index contributed by atoms with van der Waals surface area (Å²) in [5, 5.41) is 2.94. The van der Waals surface area contributed by atoms with Gasteiger partial charge in [-0.25, -0.2) is 0 Å². The third-order valence-electron chi connectivity index (χ3n) is 7.89. The monoisotopic (exact) mass is 522 g/mol. The summed E-state index contributed by atoms with van der Waals surface area (Å²) < 4.78 is 13.4. The van der Waals surface area contributed by atoms with Crippen LogP contribution in [0.1, 0.15) is 80.8 Å². The molecule has 37 heavy (non-hydrogen) atoms. The molecule has 0 bridgehead atoms. The molecule has 1 saturated heterocycles. The fourth-order valence-corrected chi connectivity index (χ4v) is 11.9. The molecule has 0 aliphatic carbocycles. The van der Waals surface area contributed by atoms with Crippen molar-refractivity contribution in [2.75, 3.05) is 0 Å². The third kappa shape index (κ3) is 4.66. The molecule has 2 aliphatic rings. The summed E-state index contributed by atoms with van der Waals surface area (Å²) in [6.07, 6.45) is -1.98. The van der Waals surface area contributed by atoms with Gasteiger partial charge in [-0.05, 0) is 41.2 Å².